The minimum atomic E-state index is -0.0642. The number of nitrogens with two attached hydrogens (primary N) is 1. The molecule has 3 rings (SSSR count). The van der Waals surface area contributed by atoms with E-state index in [0.717, 1.165) is 29.7 Å². The Bertz CT molecular complexity index is 762. The van der Waals surface area contributed by atoms with Gasteiger partial charge in [-0.15, -0.1) is 0 Å². The maximum absolute atomic E-state index is 9.53. The lowest BCUT2D eigenvalue weighted by Crippen LogP contribution is -2.06. The van der Waals surface area contributed by atoms with Crippen molar-refractivity contribution in [3.05, 3.63) is 41.6 Å². The van der Waals surface area contributed by atoms with Gasteiger partial charge in [-0.2, -0.15) is 5.26 Å². The van der Waals surface area contributed by atoms with Gasteiger partial charge in [-0.05, 0) is 25.0 Å². The van der Waals surface area contributed by atoms with Crippen LogP contribution in [-0.4, -0.2) is 23.3 Å². The number of para-hydroxylation sites is 1. The number of pyridine rings is 1. The molecule has 0 amide bonds. The molecule has 2 aromatic rings. The average Bonchev–Trinajstić information content (AvgIpc) is 3.14. The van der Waals surface area contributed by atoms with E-state index in [2.05, 4.69) is 11.1 Å². The normalized spacial score (nSPS) is 14.5. The molecule has 5 nitrogen and oxygen atoms in total. The Morgan fingerprint density at radius 2 is 2.00 bits per heavy atom. The summed E-state index contributed by atoms with van der Waals surface area (Å²) >= 11 is 0. The largest absolute Gasteiger partial charge is 0.491 e. The molecule has 24 heavy (non-hydrogen) atoms. The summed E-state index contributed by atoms with van der Waals surface area (Å²) < 4.78 is 5.62. The monoisotopic (exact) mass is 323 g/mol. The molecule has 1 aliphatic carbocycles. The van der Waals surface area contributed by atoms with E-state index < -0.39 is 0 Å². The number of nitrogens with zero attached hydrogens (tertiary/aromatic N) is 2. The number of ether oxygens (including phenoxy) is 1. The van der Waals surface area contributed by atoms with E-state index in [1.165, 1.54) is 12.8 Å². The zero-order chi connectivity index (χ0) is 16.9. The third kappa shape index (κ3) is 3.19. The molecule has 0 bridgehead atoms. The molecule has 5 heteroatoms. The summed E-state index contributed by atoms with van der Waals surface area (Å²) in [6.07, 6.45) is 4.64. The minimum absolute atomic E-state index is 0.0642. The topological polar surface area (TPSA) is 92.2 Å². The number of rotatable bonds is 5. The zero-order valence-corrected chi connectivity index (χ0v) is 13.5. The predicted molar refractivity (Wildman–Crippen MR) is 92.6 cm³/mol. The summed E-state index contributed by atoms with van der Waals surface area (Å²) in [4.78, 5) is 4.48. The van der Waals surface area contributed by atoms with Gasteiger partial charge in [0.25, 0.3) is 0 Å². The number of benzene rings is 1. The predicted octanol–water partition coefficient (Wildman–Crippen LogP) is 3.23. The van der Waals surface area contributed by atoms with Crippen molar-refractivity contribution >= 4 is 5.82 Å². The maximum Gasteiger partial charge on any atom is 0.142 e. The van der Waals surface area contributed by atoms with Crippen LogP contribution in [0, 0.1) is 11.3 Å². The Labute approximate surface area is 141 Å². The summed E-state index contributed by atoms with van der Waals surface area (Å²) in [5.41, 5.74) is 8.95. The summed E-state index contributed by atoms with van der Waals surface area (Å²) in [5.74, 6) is 1.31. The summed E-state index contributed by atoms with van der Waals surface area (Å²) in [6.45, 7) is 0.139. The Kier molecular flexibility index (Phi) is 4.97. The molecule has 0 saturated heterocycles. The van der Waals surface area contributed by atoms with Crippen molar-refractivity contribution in [1.29, 1.82) is 5.26 Å². The first-order valence-electron chi connectivity index (χ1n) is 8.28. The molecule has 0 unspecified atom stereocenters. The molecule has 1 saturated carbocycles. The van der Waals surface area contributed by atoms with Crippen LogP contribution < -0.4 is 10.5 Å². The van der Waals surface area contributed by atoms with Gasteiger partial charge in [0.15, 0.2) is 0 Å². The molecule has 0 aliphatic heterocycles. The average molecular weight is 323 g/mol. The number of aliphatic hydroxyl groups excluding tert-OH is 1. The minimum Gasteiger partial charge on any atom is -0.491 e. The fraction of sp³-hybridized carbons (Fsp3) is 0.368. The van der Waals surface area contributed by atoms with Crippen molar-refractivity contribution in [1.82, 2.24) is 4.98 Å². The Hall–Kier alpha value is -2.58. The number of nitrogen functional groups attached to an aromatic ring is 1. The van der Waals surface area contributed by atoms with E-state index in [0.29, 0.717) is 17.2 Å². The number of hydrogen-bond acceptors (Lipinski definition) is 5. The highest BCUT2D eigenvalue weighted by atomic mass is 16.5. The second kappa shape index (κ2) is 7.33. The number of hydrogen-bond donors (Lipinski definition) is 2. The van der Waals surface area contributed by atoms with Gasteiger partial charge in [0.2, 0.25) is 0 Å². The van der Waals surface area contributed by atoms with Crippen LogP contribution in [0.1, 0.15) is 42.9 Å². The fourth-order valence-corrected chi connectivity index (χ4v) is 3.32. The van der Waals surface area contributed by atoms with Gasteiger partial charge in [0.1, 0.15) is 29.8 Å². The summed E-state index contributed by atoms with van der Waals surface area (Å²) in [5, 5.41) is 18.5. The van der Waals surface area contributed by atoms with Crippen LogP contribution in [0.5, 0.6) is 5.75 Å². The lowest BCUT2D eigenvalue weighted by atomic mass is 9.95. The van der Waals surface area contributed by atoms with Gasteiger partial charge >= 0.3 is 0 Å². The Morgan fingerprint density at radius 3 is 2.71 bits per heavy atom. The fourth-order valence-electron chi connectivity index (χ4n) is 3.32. The van der Waals surface area contributed by atoms with Crippen molar-refractivity contribution < 1.29 is 9.84 Å². The lowest BCUT2D eigenvalue weighted by Gasteiger charge is -2.16. The summed E-state index contributed by atoms with van der Waals surface area (Å²) in [6, 6.07) is 11.6. The van der Waals surface area contributed by atoms with Crippen LogP contribution in [0.4, 0.5) is 5.82 Å². The first-order chi connectivity index (χ1) is 11.7. The van der Waals surface area contributed by atoms with Gasteiger partial charge in [-0.1, -0.05) is 31.0 Å². The van der Waals surface area contributed by atoms with E-state index in [1.54, 1.807) is 0 Å². The maximum atomic E-state index is 9.53. The molecule has 124 valence electrons. The van der Waals surface area contributed by atoms with Crippen molar-refractivity contribution in [2.75, 3.05) is 18.9 Å². The van der Waals surface area contributed by atoms with Gasteiger partial charge in [0, 0.05) is 22.7 Å². The van der Waals surface area contributed by atoms with Gasteiger partial charge in [0.05, 0.1) is 6.61 Å². The van der Waals surface area contributed by atoms with Crippen molar-refractivity contribution in [3.8, 4) is 22.9 Å². The molecule has 1 fully saturated rings. The molecule has 3 N–H and O–H groups in total. The van der Waals surface area contributed by atoms with Crippen LogP contribution in [0.15, 0.2) is 30.3 Å². The van der Waals surface area contributed by atoms with Crippen molar-refractivity contribution in [3.63, 3.8) is 0 Å². The second-order valence-corrected chi connectivity index (χ2v) is 6.02. The first kappa shape index (κ1) is 16.3. The third-order valence-corrected chi connectivity index (χ3v) is 4.48. The molecule has 0 radical (unpaired) electrons. The van der Waals surface area contributed by atoms with Crippen LogP contribution >= 0.6 is 0 Å². The number of anilines is 1. The smallest absolute Gasteiger partial charge is 0.142 e. The molecule has 1 aliphatic rings. The number of aliphatic hydroxyl groups is 1. The van der Waals surface area contributed by atoms with Crippen LogP contribution in [0.25, 0.3) is 11.1 Å². The molecular formula is C19H21N3O2. The quantitative estimate of drug-likeness (QED) is 0.881. The van der Waals surface area contributed by atoms with Crippen LogP contribution in [0.3, 0.4) is 0 Å². The second-order valence-electron chi connectivity index (χ2n) is 6.02. The number of nitriles is 1. The molecule has 0 atom stereocenters. The molecule has 1 heterocycles. The van der Waals surface area contributed by atoms with E-state index in [4.69, 9.17) is 15.6 Å². The molecule has 0 spiro atoms. The van der Waals surface area contributed by atoms with E-state index in [1.807, 2.05) is 30.3 Å². The zero-order valence-electron chi connectivity index (χ0n) is 13.5. The third-order valence-electron chi connectivity index (χ3n) is 4.48. The van der Waals surface area contributed by atoms with Gasteiger partial charge in [-0.3, -0.25) is 0 Å². The SMILES string of the molecule is N#Cc1c(-c2ccccc2OCCO)cc(C2CCCC2)nc1N. The molecular weight excluding hydrogens is 302 g/mol. The van der Waals surface area contributed by atoms with Crippen LogP contribution in [0.2, 0.25) is 0 Å². The van der Waals surface area contributed by atoms with Crippen LogP contribution in [-0.2, 0) is 0 Å². The van der Waals surface area contributed by atoms with Gasteiger partial charge in [-0.25, -0.2) is 4.98 Å². The lowest BCUT2D eigenvalue weighted by molar-refractivity contribution is 0.202. The Morgan fingerprint density at radius 1 is 1.25 bits per heavy atom. The first-order valence-corrected chi connectivity index (χ1v) is 8.28. The van der Waals surface area contributed by atoms with Crippen molar-refractivity contribution in [2.24, 2.45) is 0 Å². The summed E-state index contributed by atoms with van der Waals surface area (Å²) in [7, 11) is 0. The number of aromatic nitrogens is 1. The highest BCUT2D eigenvalue weighted by Gasteiger charge is 2.22. The van der Waals surface area contributed by atoms with E-state index >= 15 is 0 Å². The highest BCUT2D eigenvalue weighted by molar-refractivity contribution is 5.79. The van der Waals surface area contributed by atoms with Crippen molar-refractivity contribution in [2.45, 2.75) is 31.6 Å². The van der Waals surface area contributed by atoms with Gasteiger partial charge < -0.3 is 15.6 Å². The standard InChI is InChI=1S/C19H21N3O2/c20-12-16-15(14-7-3-4-8-18(14)24-10-9-23)11-17(22-19(16)21)13-5-1-2-6-13/h3-4,7-8,11,13,23H,1-2,5-6,9-10H2,(H2,21,22). The van der Waals surface area contributed by atoms with E-state index in [-0.39, 0.29) is 19.0 Å². The Balaban J connectivity index is 2.11. The molecule has 1 aromatic heterocycles. The molecule has 1 aromatic carbocycles. The van der Waals surface area contributed by atoms with E-state index in [9.17, 15) is 5.26 Å². The highest BCUT2D eigenvalue weighted by Crippen LogP contribution is 2.39.